The van der Waals surface area contributed by atoms with Crippen LogP contribution in [0.5, 0.6) is 5.75 Å². The van der Waals surface area contributed by atoms with E-state index in [0.717, 1.165) is 16.6 Å². The summed E-state index contributed by atoms with van der Waals surface area (Å²) < 4.78 is 7.51. The van der Waals surface area contributed by atoms with Gasteiger partial charge in [-0.1, -0.05) is 24.3 Å². The maximum absolute atomic E-state index is 12.4. The van der Waals surface area contributed by atoms with Crippen molar-refractivity contribution >= 4 is 22.9 Å². The topological polar surface area (TPSA) is 79.9 Å². The van der Waals surface area contributed by atoms with E-state index in [4.69, 9.17) is 4.74 Å². The molecule has 0 radical (unpaired) electrons. The van der Waals surface area contributed by atoms with E-state index in [-0.39, 0.29) is 5.91 Å². The molecule has 0 aliphatic carbocycles. The second kappa shape index (κ2) is 5.95. The molecule has 2 aromatic carbocycles. The van der Waals surface area contributed by atoms with Gasteiger partial charge in [0.05, 0.1) is 29.8 Å². The molecule has 124 valence electrons. The van der Waals surface area contributed by atoms with Crippen LogP contribution in [0.15, 0.2) is 48.5 Å². The van der Waals surface area contributed by atoms with Gasteiger partial charge >= 0.3 is 0 Å². The Labute approximate surface area is 144 Å². The van der Waals surface area contributed by atoms with E-state index in [1.54, 1.807) is 0 Å². The summed E-state index contributed by atoms with van der Waals surface area (Å²) in [7, 11) is 0. The quantitative estimate of drug-likeness (QED) is 0.799. The number of hydrogen-bond donors (Lipinski definition) is 1. The van der Waals surface area contributed by atoms with Gasteiger partial charge in [0.25, 0.3) is 0 Å². The van der Waals surface area contributed by atoms with Crippen molar-refractivity contribution < 1.29 is 9.53 Å². The molecule has 1 aromatic heterocycles. The lowest BCUT2D eigenvalue weighted by molar-refractivity contribution is -0.119. The average Bonchev–Trinajstić information content (AvgIpc) is 2.98. The minimum absolute atomic E-state index is 0.336. The number of anilines is 1. The molecule has 0 spiro atoms. The Balaban J connectivity index is 1.95. The Morgan fingerprint density at radius 1 is 1.28 bits per heavy atom. The molecule has 2 unspecified atom stereocenters. The van der Waals surface area contributed by atoms with Crippen LogP contribution >= 0.6 is 0 Å². The van der Waals surface area contributed by atoms with E-state index in [9.17, 15) is 10.1 Å². The Bertz CT molecular complexity index is 1000. The van der Waals surface area contributed by atoms with Gasteiger partial charge in [0, 0.05) is 0 Å². The number of amides is 1. The smallest absolute Gasteiger partial charge is 0.246 e. The Kier molecular flexibility index (Phi) is 3.62. The predicted octanol–water partition coefficient (Wildman–Crippen LogP) is 3.12. The molecule has 6 heteroatoms. The fourth-order valence-electron chi connectivity index (χ4n) is 3.32. The number of nitrogens with one attached hydrogen (secondary N) is 1. The van der Waals surface area contributed by atoms with Crippen LogP contribution in [0.1, 0.15) is 18.5 Å². The largest absolute Gasteiger partial charge is 0.494 e. The average molecular weight is 332 g/mol. The second-order valence-corrected chi connectivity index (χ2v) is 5.84. The van der Waals surface area contributed by atoms with Crippen LogP contribution in [0.2, 0.25) is 0 Å². The summed E-state index contributed by atoms with van der Waals surface area (Å²) in [5.74, 6) is -0.00254. The molecular formula is C19H16N4O2. The van der Waals surface area contributed by atoms with E-state index >= 15 is 0 Å². The molecule has 6 nitrogen and oxygen atoms in total. The summed E-state index contributed by atoms with van der Waals surface area (Å²) in [6.07, 6.45) is 0. The summed E-state index contributed by atoms with van der Waals surface area (Å²) in [5, 5.41) is 12.4. The summed E-state index contributed by atoms with van der Waals surface area (Å²) in [4.78, 5) is 16.9. The van der Waals surface area contributed by atoms with Crippen LogP contribution in [0, 0.1) is 17.2 Å². The first kappa shape index (κ1) is 15.2. The number of benzene rings is 2. The SMILES string of the molecule is CCOc1cccc(C2C(C#N)C(=O)Nc3nc4ccccc4n32)c1. The van der Waals surface area contributed by atoms with Crippen molar-refractivity contribution in [1.82, 2.24) is 9.55 Å². The number of nitriles is 1. The van der Waals surface area contributed by atoms with Crippen LogP contribution in [-0.4, -0.2) is 22.1 Å². The highest BCUT2D eigenvalue weighted by Gasteiger charge is 2.38. The van der Waals surface area contributed by atoms with Gasteiger partial charge in [-0.3, -0.25) is 10.1 Å². The predicted molar refractivity (Wildman–Crippen MR) is 93.2 cm³/mol. The van der Waals surface area contributed by atoms with E-state index in [1.165, 1.54) is 0 Å². The molecule has 2 atom stereocenters. The standard InChI is InChI=1S/C19H16N4O2/c1-2-25-13-7-5-6-12(10-13)17-14(11-20)18(24)22-19-21-15-8-3-4-9-16(15)23(17)19/h3-10,14,17H,2H2,1H3,(H,21,22,24). The minimum atomic E-state index is -0.845. The highest BCUT2D eigenvalue weighted by molar-refractivity contribution is 5.97. The van der Waals surface area contributed by atoms with Gasteiger partial charge in [0.1, 0.15) is 5.75 Å². The lowest BCUT2D eigenvalue weighted by atomic mass is 9.91. The molecule has 1 aliphatic heterocycles. The molecule has 0 bridgehead atoms. The highest BCUT2D eigenvalue weighted by Crippen LogP contribution is 2.38. The van der Waals surface area contributed by atoms with Gasteiger partial charge in [-0.2, -0.15) is 5.26 Å². The molecule has 0 saturated heterocycles. The first-order chi connectivity index (χ1) is 12.2. The fraction of sp³-hybridized carbons (Fsp3) is 0.211. The van der Waals surface area contributed by atoms with E-state index < -0.39 is 12.0 Å². The molecule has 2 heterocycles. The number of rotatable bonds is 3. The molecule has 0 fully saturated rings. The third kappa shape index (κ3) is 2.41. The number of ether oxygens (including phenoxy) is 1. The summed E-state index contributed by atoms with van der Waals surface area (Å²) in [5.41, 5.74) is 2.50. The molecule has 1 amide bonds. The van der Waals surface area contributed by atoms with Crippen LogP contribution in [0.4, 0.5) is 5.95 Å². The molecule has 25 heavy (non-hydrogen) atoms. The summed E-state index contributed by atoms with van der Waals surface area (Å²) >= 11 is 0. The lowest BCUT2D eigenvalue weighted by Gasteiger charge is -2.30. The van der Waals surface area contributed by atoms with Gasteiger partial charge in [0.2, 0.25) is 11.9 Å². The molecule has 4 rings (SSSR count). The lowest BCUT2D eigenvalue weighted by Crippen LogP contribution is -2.37. The first-order valence-corrected chi connectivity index (χ1v) is 8.13. The third-order valence-corrected chi connectivity index (χ3v) is 4.36. The molecular weight excluding hydrogens is 316 g/mol. The van der Waals surface area contributed by atoms with E-state index in [1.807, 2.05) is 60.0 Å². The number of imidazole rings is 1. The Morgan fingerprint density at radius 2 is 2.12 bits per heavy atom. The van der Waals surface area contributed by atoms with Gasteiger partial charge in [-0.05, 0) is 36.8 Å². The van der Waals surface area contributed by atoms with E-state index in [2.05, 4.69) is 16.4 Å². The molecule has 1 N–H and O–H groups in total. The van der Waals surface area contributed by atoms with Gasteiger partial charge in [0.15, 0.2) is 5.92 Å². The number of fused-ring (bicyclic) bond motifs is 3. The molecule has 1 aliphatic rings. The summed E-state index contributed by atoms with van der Waals surface area (Å²) in [6, 6.07) is 16.9. The highest BCUT2D eigenvalue weighted by atomic mass is 16.5. The zero-order valence-corrected chi connectivity index (χ0v) is 13.6. The van der Waals surface area contributed by atoms with Crippen LogP contribution in [0.3, 0.4) is 0 Å². The maximum atomic E-state index is 12.4. The van der Waals surface area contributed by atoms with E-state index in [0.29, 0.717) is 18.3 Å². The fourth-order valence-corrected chi connectivity index (χ4v) is 3.32. The zero-order chi connectivity index (χ0) is 17.4. The van der Waals surface area contributed by atoms with Gasteiger partial charge in [-0.25, -0.2) is 4.98 Å². The monoisotopic (exact) mass is 332 g/mol. The number of aromatic nitrogens is 2. The number of para-hydroxylation sites is 2. The minimum Gasteiger partial charge on any atom is -0.494 e. The summed E-state index contributed by atoms with van der Waals surface area (Å²) in [6.45, 7) is 2.47. The van der Waals surface area contributed by atoms with Crippen molar-refractivity contribution in [3.8, 4) is 11.8 Å². The number of hydrogen-bond acceptors (Lipinski definition) is 4. The Morgan fingerprint density at radius 3 is 2.92 bits per heavy atom. The van der Waals surface area contributed by atoms with Crippen molar-refractivity contribution in [3.05, 3.63) is 54.1 Å². The van der Waals surface area contributed by atoms with Crippen LogP contribution in [0.25, 0.3) is 11.0 Å². The van der Waals surface area contributed by atoms with Crippen molar-refractivity contribution in [1.29, 1.82) is 5.26 Å². The zero-order valence-electron chi connectivity index (χ0n) is 13.6. The number of nitrogens with zero attached hydrogens (tertiary/aromatic N) is 3. The second-order valence-electron chi connectivity index (χ2n) is 5.84. The van der Waals surface area contributed by atoms with Gasteiger partial charge < -0.3 is 9.30 Å². The van der Waals surface area contributed by atoms with Crippen molar-refractivity contribution in [2.45, 2.75) is 13.0 Å². The first-order valence-electron chi connectivity index (χ1n) is 8.13. The van der Waals surface area contributed by atoms with Crippen molar-refractivity contribution in [3.63, 3.8) is 0 Å². The normalized spacial score (nSPS) is 19.1. The van der Waals surface area contributed by atoms with Crippen molar-refractivity contribution in [2.24, 2.45) is 5.92 Å². The number of carbonyl (C=O) groups excluding carboxylic acids is 1. The molecule has 0 saturated carbocycles. The Hall–Kier alpha value is -3.33. The maximum Gasteiger partial charge on any atom is 0.246 e. The van der Waals surface area contributed by atoms with Crippen LogP contribution in [-0.2, 0) is 4.79 Å². The third-order valence-electron chi connectivity index (χ3n) is 4.36. The molecule has 3 aromatic rings. The van der Waals surface area contributed by atoms with Crippen molar-refractivity contribution in [2.75, 3.05) is 11.9 Å². The van der Waals surface area contributed by atoms with Crippen LogP contribution < -0.4 is 10.1 Å². The van der Waals surface area contributed by atoms with Gasteiger partial charge in [-0.15, -0.1) is 0 Å². The number of carbonyl (C=O) groups is 1.